The number of nitrogens with one attached hydrogen (secondary N) is 1. The van der Waals surface area contributed by atoms with Gasteiger partial charge in [0.05, 0.1) is 25.7 Å². The van der Waals surface area contributed by atoms with E-state index in [1.165, 1.54) is 11.3 Å². The number of hydrogen-bond acceptors (Lipinski definition) is 6. The molecule has 0 saturated heterocycles. The molecule has 0 radical (unpaired) electrons. The van der Waals surface area contributed by atoms with Gasteiger partial charge in [0.2, 0.25) is 5.91 Å². The summed E-state index contributed by atoms with van der Waals surface area (Å²) in [7, 11) is 3.20. The van der Waals surface area contributed by atoms with E-state index in [1.54, 1.807) is 26.0 Å². The minimum atomic E-state index is -0.0388. The van der Waals surface area contributed by atoms with Crippen LogP contribution in [-0.2, 0) is 4.79 Å². The molecule has 0 aliphatic heterocycles. The van der Waals surface area contributed by atoms with Crippen molar-refractivity contribution in [3.8, 4) is 22.8 Å². The SMILES string of the molecule is COc1ccc(-c2csc(NC(=O)CSC(C)(C)C)n2)cc1OC. The summed E-state index contributed by atoms with van der Waals surface area (Å²) >= 11 is 3.01. The summed E-state index contributed by atoms with van der Waals surface area (Å²) in [6, 6.07) is 5.62. The van der Waals surface area contributed by atoms with Gasteiger partial charge in [-0.15, -0.1) is 23.1 Å². The summed E-state index contributed by atoms with van der Waals surface area (Å²) in [4.78, 5) is 16.5. The first-order valence-electron chi connectivity index (χ1n) is 7.44. The molecule has 0 saturated carbocycles. The van der Waals surface area contributed by atoms with Gasteiger partial charge < -0.3 is 14.8 Å². The third-order valence-corrected chi connectivity index (χ3v) is 5.10. The molecule has 2 aromatic rings. The summed E-state index contributed by atoms with van der Waals surface area (Å²) in [5.74, 6) is 1.69. The van der Waals surface area contributed by atoms with Crippen LogP contribution in [0.4, 0.5) is 5.13 Å². The molecule has 130 valence electrons. The van der Waals surface area contributed by atoms with E-state index in [0.29, 0.717) is 22.4 Å². The summed E-state index contributed by atoms with van der Waals surface area (Å²) < 4.78 is 10.6. The maximum absolute atomic E-state index is 12.0. The Hall–Kier alpha value is -1.73. The molecular formula is C17H22N2O3S2. The summed E-state index contributed by atoms with van der Waals surface area (Å²) in [5, 5.41) is 5.35. The van der Waals surface area contributed by atoms with Gasteiger partial charge in [-0.1, -0.05) is 20.8 Å². The highest BCUT2D eigenvalue weighted by atomic mass is 32.2. The summed E-state index contributed by atoms with van der Waals surface area (Å²) in [6.07, 6.45) is 0. The van der Waals surface area contributed by atoms with Crippen molar-refractivity contribution in [2.45, 2.75) is 25.5 Å². The predicted octanol–water partition coefficient (Wildman–Crippen LogP) is 4.30. The molecule has 1 aromatic carbocycles. The number of nitrogens with zero attached hydrogens (tertiary/aromatic N) is 1. The number of benzene rings is 1. The van der Waals surface area contributed by atoms with Crippen LogP contribution < -0.4 is 14.8 Å². The third kappa shape index (κ3) is 5.14. The van der Waals surface area contributed by atoms with Crippen LogP contribution in [0, 0.1) is 0 Å². The lowest BCUT2D eigenvalue weighted by atomic mass is 10.1. The number of anilines is 1. The van der Waals surface area contributed by atoms with Gasteiger partial charge in [0.25, 0.3) is 0 Å². The maximum Gasteiger partial charge on any atom is 0.236 e. The molecule has 1 amide bonds. The first-order chi connectivity index (χ1) is 11.3. The number of methoxy groups -OCH3 is 2. The second-order valence-electron chi connectivity index (χ2n) is 6.06. The first-order valence-corrected chi connectivity index (χ1v) is 9.30. The molecule has 0 fully saturated rings. The Morgan fingerprint density at radius 2 is 1.96 bits per heavy atom. The van der Waals surface area contributed by atoms with Crippen molar-refractivity contribution in [1.82, 2.24) is 4.98 Å². The molecule has 2 rings (SSSR count). The van der Waals surface area contributed by atoms with Gasteiger partial charge in [-0.3, -0.25) is 4.79 Å². The lowest BCUT2D eigenvalue weighted by molar-refractivity contribution is -0.113. The van der Waals surface area contributed by atoms with Crippen LogP contribution in [0.2, 0.25) is 0 Å². The van der Waals surface area contributed by atoms with Crippen LogP contribution in [0.1, 0.15) is 20.8 Å². The normalized spacial score (nSPS) is 11.2. The van der Waals surface area contributed by atoms with Crippen molar-refractivity contribution in [2.75, 3.05) is 25.3 Å². The van der Waals surface area contributed by atoms with Crippen LogP contribution in [0.25, 0.3) is 11.3 Å². The molecule has 0 aliphatic carbocycles. The Morgan fingerprint density at radius 3 is 2.58 bits per heavy atom. The smallest absolute Gasteiger partial charge is 0.236 e. The number of thioether (sulfide) groups is 1. The number of amides is 1. The zero-order valence-electron chi connectivity index (χ0n) is 14.5. The predicted molar refractivity (Wildman–Crippen MR) is 101 cm³/mol. The first kappa shape index (κ1) is 18.6. The van der Waals surface area contributed by atoms with Gasteiger partial charge >= 0.3 is 0 Å². The van der Waals surface area contributed by atoms with Crippen LogP contribution >= 0.6 is 23.1 Å². The Balaban J connectivity index is 2.06. The number of hydrogen-bond donors (Lipinski definition) is 1. The van der Waals surface area contributed by atoms with E-state index in [-0.39, 0.29) is 10.7 Å². The molecule has 0 bridgehead atoms. The highest BCUT2D eigenvalue weighted by Gasteiger charge is 2.15. The van der Waals surface area contributed by atoms with Gasteiger partial charge in [-0.25, -0.2) is 4.98 Å². The minimum absolute atomic E-state index is 0.0388. The molecular weight excluding hydrogens is 344 g/mol. The van der Waals surface area contributed by atoms with Gasteiger partial charge in [0.1, 0.15) is 0 Å². The van der Waals surface area contributed by atoms with E-state index < -0.39 is 0 Å². The van der Waals surface area contributed by atoms with Crippen LogP contribution in [0.5, 0.6) is 11.5 Å². The molecule has 0 unspecified atom stereocenters. The molecule has 1 heterocycles. The number of aromatic nitrogens is 1. The van der Waals surface area contributed by atoms with Gasteiger partial charge in [-0.2, -0.15) is 0 Å². The molecule has 0 spiro atoms. The number of carbonyl (C=O) groups excluding carboxylic acids is 1. The summed E-state index contributed by atoms with van der Waals surface area (Å²) in [5.41, 5.74) is 1.70. The van der Waals surface area contributed by atoms with Crippen LogP contribution in [-0.4, -0.2) is 35.6 Å². The topological polar surface area (TPSA) is 60.5 Å². The Morgan fingerprint density at radius 1 is 1.25 bits per heavy atom. The minimum Gasteiger partial charge on any atom is -0.493 e. The molecule has 5 nitrogen and oxygen atoms in total. The van der Waals surface area contributed by atoms with Crippen molar-refractivity contribution < 1.29 is 14.3 Å². The highest BCUT2D eigenvalue weighted by Crippen LogP contribution is 2.33. The van der Waals surface area contributed by atoms with Gasteiger partial charge in [0.15, 0.2) is 16.6 Å². The molecule has 1 aromatic heterocycles. The Bertz CT molecular complexity index is 708. The summed E-state index contributed by atoms with van der Waals surface area (Å²) in [6.45, 7) is 6.26. The number of rotatable bonds is 6. The quantitative estimate of drug-likeness (QED) is 0.826. The van der Waals surface area contributed by atoms with E-state index in [0.717, 1.165) is 11.3 Å². The second-order valence-corrected chi connectivity index (χ2v) is 8.72. The molecule has 1 N–H and O–H groups in total. The zero-order chi connectivity index (χ0) is 17.7. The highest BCUT2D eigenvalue weighted by molar-refractivity contribution is 8.01. The van der Waals surface area contributed by atoms with Crippen molar-refractivity contribution >= 4 is 34.1 Å². The third-order valence-electron chi connectivity index (χ3n) is 3.07. The fourth-order valence-electron chi connectivity index (χ4n) is 1.90. The van der Waals surface area contributed by atoms with E-state index >= 15 is 0 Å². The average Bonchev–Trinajstić information content (AvgIpc) is 3.00. The Labute approximate surface area is 150 Å². The molecule has 0 atom stereocenters. The van der Waals surface area contributed by atoms with Gasteiger partial charge in [-0.05, 0) is 18.2 Å². The number of thiazole rings is 1. The fourth-order valence-corrected chi connectivity index (χ4v) is 3.27. The fraction of sp³-hybridized carbons (Fsp3) is 0.412. The maximum atomic E-state index is 12.0. The van der Waals surface area contributed by atoms with Crippen molar-refractivity contribution in [3.05, 3.63) is 23.6 Å². The Kier molecular flexibility index (Phi) is 6.12. The van der Waals surface area contributed by atoms with E-state index in [4.69, 9.17) is 9.47 Å². The van der Waals surface area contributed by atoms with Crippen molar-refractivity contribution in [2.24, 2.45) is 0 Å². The number of carbonyl (C=O) groups is 1. The zero-order valence-corrected chi connectivity index (χ0v) is 16.1. The van der Waals surface area contributed by atoms with Crippen molar-refractivity contribution in [3.63, 3.8) is 0 Å². The standard InChI is InChI=1S/C17H22N2O3S2/c1-17(2,3)24-10-15(20)19-16-18-12(9-23-16)11-6-7-13(21-4)14(8-11)22-5/h6-9H,10H2,1-5H3,(H,18,19,20). The van der Waals surface area contributed by atoms with Crippen LogP contribution in [0.3, 0.4) is 0 Å². The molecule has 0 aliphatic rings. The van der Waals surface area contributed by atoms with E-state index in [1.807, 2.05) is 23.6 Å². The average molecular weight is 367 g/mol. The molecule has 24 heavy (non-hydrogen) atoms. The van der Waals surface area contributed by atoms with E-state index in [9.17, 15) is 4.79 Å². The lowest BCUT2D eigenvalue weighted by Gasteiger charge is -2.16. The monoisotopic (exact) mass is 366 g/mol. The van der Waals surface area contributed by atoms with Crippen molar-refractivity contribution in [1.29, 1.82) is 0 Å². The van der Waals surface area contributed by atoms with Gasteiger partial charge in [0, 0.05) is 15.7 Å². The second kappa shape index (κ2) is 7.90. The van der Waals surface area contributed by atoms with E-state index in [2.05, 4.69) is 31.1 Å². The lowest BCUT2D eigenvalue weighted by Crippen LogP contribution is -2.18. The largest absolute Gasteiger partial charge is 0.493 e. The van der Waals surface area contributed by atoms with Crippen LogP contribution in [0.15, 0.2) is 23.6 Å². The number of ether oxygens (including phenoxy) is 2. The molecule has 7 heteroatoms.